The van der Waals surface area contributed by atoms with Crippen LogP contribution in [0.15, 0.2) is 73.1 Å². The lowest BCUT2D eigenvalue weighted by molar-refractivity contribution is 0.0635. The van der Waals surface area contributed by atoms with Gasteiger partial charge in [0.05, 0.1) is 5.69 Å². The summed E-state index contributed by atoms with van der Waals surface area (Å²) in [5.74, 6) is 0.409. The van der Waals surface area contributed by atoms with Gasteiger partial charge in [0.2, 0.25) is 0 Å². The lowest BCUT2D eigenvalue weighted by Gasteiger charge is -2.33. The largest absolute Gasteiger partial charge is 0.487 e. The van der Waals surface area contributed by atoms with Crippen molar-refractivity contribution in [2.24, 2.45) is 0 Å². The summed E-state index contributed by atoms with van der Waals surface area (Å²) in [6.07, 6.45) is 7.12. The van der Waals surface area contributed by atoms with E-state index < -0.39 is 0 Å². The first-order valence-corrected chi connectivity index (χ1v) is 12.4. The number of anilines is 1. The summed E-state index contributed by atoms with van der Waals surface area (Å²) in [5.41, 5.74) is 4.33. The average molecular weight is 483 g/mol. The number of hydrogen-bond donors (Lipinski definition) is 1. The van der Waals surface area contributed by atoms with Gasteiger partial charge in [-0.3, -0.25) is 9.59 Å². The molecule has 1 N–H and O–H groups in total. The van der Waals surface area contributed by atoms with Gasteiger partial charge in [-0.1, -0.05) is 12.1 Å². The van der Waals surface area contributed by atoms with Gasteiger partial charge in [-0.15, -0.1) is 0 Å². The molecule has 7 heteroatoms. The van der Waals surface area contributed by atoms with Crippen LogP contribution in [0.5, 0.6) is 5.75 Å². The second-order valence-electron chi connectivity index (χ2n) is 9.34. The normalized spacial score (nSPS) is 15.6. The number of benzene rings is 2. The van der Waals surface area contributed by atoms with E-state index >= 15 is 0 Å². The smallest absolute Gasteiger partial charge is 0.255 e. The van der Waals surface area contributed by atoms with Crippen LogP contribution in [0.3, 0.4) is 0 Å². The highest BCUT2D eigenvalue weighted by atomic mass is 16.5. The van der Waals surface area contributed by atoms with Crippen LogP contribution in [-0.2, 0) is 6.61 Å². The van der Waals surface area contributed by atoms with E-state index in [-0.39, 0.29) is 17.9 Å². The Morgan fingerprint density at radius 2 is 1.94 bits per heavy atom. The molecule has 184 valence electrons. The number of nitrogens with zero attached hydrogens (tertiary/aromatic N) is 3. The molecule has 1 atom stereocenters. The van der Waals surface area contributed by atoms with Crippen molar-refractivity contribution in [3.8, 4) is 5.75 Å². The predicted octanol–water partition coefficient (Wildman–Crippen LogP) is 5.49. The Kier molecular flexibility index (Phi) is 6.71. The minimum Gasteiger partial charge on any atom is -0.487 e. The van der Waals surface area contributed by atoms with Gasteiger partial charge in [0.25, 0.3) is 11.8 Å². The van der Waals surface area contributed by atoms with Crippen LogP contribution < -0.4 is 10.1 Å². The topological polar surface area (TPSA) is 75.9 Å². The maximum Gasteiger partial charge on any atom is 0.255 e. The number of aromatic nitrogens is 2. The maximum atomic E-state index is 13.0. The number of carbonyl (C=O) groups is 2. The number of pyridine rings is 1. The summed E-state index contributed by atoms with van der Waals surface area (Å²) in [6.45, 7) is 5.11. The first kappa shape index (κ1) is 23.6. The van der Waals surface area contributed by atoms with Gasteiger partial charge in [-0.2, -0.15) is 0 Å². The van der Waals surface area contributed by atoms with Crippen molar-refractivity contribution in [3.05, 3.63) is 95.4 Å². The maximum absolute atomic E-state index is 13.0. The van der Waals surface area contributed by atoms with E-state index in [0.29, 0.717) is 29.2 Å². The number of carbonyl (C=O) groups excluding carboxylic acids is 2. The van der Waals surface area contributed by atoms with Gasteiger partial charge in [0, 0.05) is 41.8 Å². The van der Waals surface area contributed by atoms with E-state index in [1.807, 2.05) is 58.9 Å². The molecule has 7 nitrogen and oxygen atoms in total. The van der Waals surface area contributed by atoms with Crippen molar-refractivity contribution in [3.63, 3.8) is 0 Å². The van der Waals surface area contributed by atoms with Crippen LogP contribution >= 0.6 is 0 Å². The number of ether oxygens (including phenoxy) is 1. The Morgan fingerprint density at radius 1 is 1.06 bits per heavy atom. The molecule has 2 aromatic heterocycles. The molecule has 1 unspecified atom stereocenters. The first-order valence-electron chi connectivity index (χ1n) is 12.4. The summed E-state index contributed by atoms with van der Waals surface area (Å²) in [6, 6.07) is 18.6. The number of amides is 2. The highest BCUT2D eigenvalue weighted by Gasteiger charge is 2.24. The molecule has 1 saturated heterocycles. The standard InChI is InChI=1S/C29H30N4O3/c1-20-16-23(29(35)33-15-6-3-8-21(33)2)12-13-26(20)31-28(34)22-9-7-10-25(17-22)36-19-24-18-32-14-5-4-11-27(32)30-24/h4-5,7,9-14,16-18,21H,3,6,8,15,19H2,1-2H3,(H,31,34). The van der Waals surface area contributed by atoms with E-state index in [9.17, 15) is 9.59 Å². The van der Waals surface area contributed by atoms with Gasteiger partial charge in [-0.05, 0) is 87.2 Å². The summed E-state index contributed by atoms with van der Waals surface area (Å²) < 4.78 is 7.84. The molecule has 1 fully saturated rings. The number of likely N-dealkylation sites (tertiary alicyclic amines) is 1. The number of fused-ring (bicyclic) bond motifs is 1. The molecule has 5 rings (SSSR count). The molecule has 4 aromatic rings. The molecule has 0 radical (unpaired) electrons. The second-order valence-corrected chi connectivity index (χ2v) is 9.34. The molecule has 0 bridgehead atoms. The third-order valence-electron chi connectivity index (χ3n) is 6.68. The second kappa shape index (κ2) is 10.2. The molecule has 0 spiro atoms. The van der Waals surface area contributed by atoms with Crippen molar-refractivity contribution in [1.29, 1.82) is 0 Å². The molecule has 0 aliphatic carbocycles. The van der Waals surface area contributed by atoms with Gasteiger partial charge in [-0.25, -0.2) is 4.98 Å². The van der Waals surface area contributed by atoms with Crippen molar-refractivity contribution in [2.45, 2.75) is 45.8 Å². The van der Waals surface area contributed by atoms with E-state index in [1.165, 1.54) is 6.42 Å². The van der Waals surface area contributed by atoms with Crippen LogP contribution in [0.4, 0.5) is 5.69 Å². The summed E-state index contributed by atoms with van der Waals surface area (Å²) in [5, 5.41) is 2.96. The van der Waals surface area contributed by atoms with Crippen LogP contribution in [0.25, 0.3) is 5.65 Å². The monoisotopic (exact) mass is 482 g/mol. The molecular weight excluding hydrogens is 452 g/mol. The zero-order valence-corrected chi connectivity index (χ0v) is 20.6. The van der Waals surface area contributed by atoms with E-state index in [0.717, 1.165) is 36.3 Å². The number of hydrogen-bond acceptors (Lipinski definition) is 4. The van der Waals surface area contributed by atoms with Crippen molar-refractivity contribution in [1.82, 2.24) is 14.3 Å². The van der Waals surface area contributed by atoms with Crippen LogP contribution in [0.2, 0.25) is 0 Å². The Bertz CT molecular complexity index is 1380. The molecule has 1 aliphatic heterocycles. The molecule has 1 aliphatic rings. The molecule has 0 saturated carbocycles. The third kappa shape index (κ3) is 5.10. The van der Waals surface area contributed by atoms with Gasteiger partial charge >= 0.3 is 0 Å². The van der Waals surface area contributed by atoms with E-state index in [1.54, 1.807) is 30.3 Å². The van der Waals surface area contributed by atoms with Crippen molar-refractivity contribution >= 4 is 23.1 Å². The van der Waals surface area contributed by atoms with E-state index in [2.05, 4.69) is 17.2 Å². The third-order valence-corrected chi connectivity index (χ3v) is 6.68. The van der Waals surface area contributed by atoms with Gasteiger partial charge in [0.1, 0.15) is 18.0 Å². The quantitative estimate of drug-likeness (QED) is 0.394. The highest BCUT2D eigenvalue weighted by Crippen LogP contribution is 2.23. The zero-order chi connectivity index (χ0) is 25.1. The summed E-state index contributed by atoms with van der Waals surface area (Å²) >= 11 is 0. The summed E-state index contributed by atoms with van der Waals surface area (Å²) in [7, 11) is 0. The van der Waals surface area contributed by atoms with Gasteiger partial charge < -0.3 is 19.4 Å². The lowest BCUT2D eigenvalue weighted by atomic mass is 10.0. The number of imidazole rings is 1. The van der Waals surface area contributed by atoms with Crippen LogP contribution in [0.1, 0.15) is 58.2 Å². The fourth-order valence-corrected chi connectivity index (χ4v) is 4.64. The Labute approximate surface area is 210 Å². The Morgan fingerprint density at radius 3 is 2.75 bits per heavy atom. The fourth-order valence-electron chi connectivity index (χ4n) is 4.64. The van der Waals surface area contributed by atoms with Gasteiger partial charge in [0.15, 0.2) is 0 Å². The first-order chi connectivity index (χ1) is 17.5. The predicted molar refractivity (Wildman–Crippen MR) is 139 cm³/mol. The minimum absolute atomic E-state index is 0.0543. The van der Waals surface area contributed by atoms with E-state index in [4.69, 9.17) is 4.74 Å². The zero-order valence-electron chi connectivity index (χ0n) is 20.6. The molecule has 2 amide bonds. The fraction of sp³-hybridized carbons (Fsp3) is 0.276. The Balaban J connectivity index is 1.23. The van der Waals surface area contributed by atoms with Crippen molar-refractivity contribution in [2.75, 3.05) is 11.9 Å². The van der Waals surface area contributed by atoms with Crippen molar-refractivity contribution < 1.29 is 14.3 Å². The number of nitrogens with one attached hydrogen (secondary N) is 1. The molecule has 2 aromatic carbocycles. The Hall–Kier alpha value is -4.13. The lowest BCUT2D eigenvalue weighted by Crippen LogP contribution is -2.42. The number of aryl methyl sites for hydroxylation is 1. The number of rotatable bonds is 6. The molecular formula is C29H30N4O3. The molecule has 3 heterocycles. The summed E-state index contributed by atoms with van der Waals surface area (Å²) in [4.78, 5) is 32.4. The average Bonchev–Trinajstić information content (AvgIpc) is 3.32. The minimum atomic E-state index is -0.236. The SMILES string of the molecule is Cc1cc(C(=O)N2CCCCC2C)ccc1NC(=O)c1cccc(OCc2cn3ccccc3n2)c1. The van der Waals surface area contributed by atoms with Crippen LogP contribution in [0, 0.1) is 6.92 Å². The highest BCUT2D eigenvalue weighted by molar-refractivity contribution is 6.05. The molecule has 36 heavy (non-hydrogen) atoms. The number of piperidine rings is 1. The van der Waals surface area contributed by atoms with Crippen LogP contribution in [-0.4, -0.2) is 38.7 Å².